The average Bonchev–Trinajstić information content (AvgIpc) is 3.49. The molecule has 0 rings (SSSR count). The van der Waals surface area contributed by atoms with E-state index in [2.05, 4.69) is 179 Å². The highest BCUT2D eigenvalue weighted by atomic mass is 16.6. The standard InChI is InChI=1S/C77H124O6/c1-4-7-10-13-16-19-22-25-28-30-32-33-34-35-36-37-38-39-40-41-42-43-44-45-46-48-49-52-55-58-61-64-67-70-76(79)82-73-74(72-81-75(78)69-66-63-60-57-54-51-27-24-21-18-15-12-9-6-3)83-77(80)71-68-65-62-59-56-53-50-47-31-29-26-23-20-17-14-11-8-5-2/h7,10,15-16,18-20,23-25,27-29,31-33,35-36,38-39,41-42,44-45,48-49,74H,4-6,8-9,11-14,17,21-22,26,30,34,37,40,43,46-47,50-73H2,1-3H3/b10-7-,18-15-,19-16-,23-20-,27-24-,28-25-,31-29-,33-32-,36-35-,39-38-,42-41-,45-44-,49-48-. The molecule has 6 heteroatoms. The molecule has 0 radical (unpaired) electrons. The molecule has 0 bridgehead atoms. The van der Waals surface area contributed by atoms with Crippen molar-refractivity contribution in [2.45, 2.75) is 297 Å². The second-order valence-electron chi connectivity index (χ2n) is 22.0. The minimum Gasteiger partial charge on any atom is -0.462 e. The molecule has 0 aliphatic rings. The fourth-order valence-corrected chi connectivity index (χ4v) is 8.89. The van der Waals surface area contributed by atoms with Crippen molar-refractivity contribution in [3.63, 3.8) is 0 Å². The molecule has 6 nitrogen and oxygen atoms in total. The molecule has 0 aromatic heterocycles. The molecule has 0 aliphatic carbocycles. The summed E-state index contributed by atoms with van der Waals surface area (Å²) in [5, 5.41) is 0. The molecule has 0 N–H and O–H groups in total. The molecule has 1 atom stereocenters. The Balaban J connectivity index is 4.38. The lowest BCUT2D eigenvalue weighted by molar-refractivity contribution is -0.167. The first-order valence-electron chi connectivity index (χ1n) is 34.0. The Kier molecular flexibility index (Phi) is 65.4. The Morgan fingerprint density at radius 1 is 0.253 bits per heavy atom. The van der Waals surface area contributed by atoms with Crippen molar-refractivity contribution in [3.8, 4) is 0 Å². The number of carbonyl (C=O) groups excluding carboxylic acids is 3. The first kappa shape index (κ1) is 78.0. The van der Waals surface area contributed by atoms with Gasteiger partial charge in [0.25, 0.3) is 0 Å². The zero-order valence-electron chi connectivity index (χ0n) is 53.7. The van der Waals surface area contributed by atoms with Crippen molar-refractivity contribution in [2.75, 3.05) is 13.2 Å². The minimum atomic E-state index is -0.805. The lowest BCUT2D eigenvalue weighted by atomic mass is 10.1. The molecule has 468 valence electrons. The largest absolute Gasteiger partial charge is 0.462 e. The molecule has 0 saturated heterocycles. The van der Waals surface area contributed by atoms with E-state index in [1.54, 1.807) is 0 Å². The van der Waals surface area contributed by atoms with Crippen molar-refractivity contribution in [3.05, 3.63) is 158 Å². The Hall–Kier alpha value is -4.97. The lowest BCUT2D eigenvalue weighted by Gasteiger charge is -2.18. The fraction of sp³-hybridized carbons (Fsp3) is 0.623. The highest BCUT2D eigenvalue weighted by Crippen LogP contribution is 2.14. The maximum atomic E-state index is 12.9. The minimum absolute atomic E-state index is 0.0998. The number of ether oxygens (including phenoxy) is 3. The van der Waals surface area contributed by atoms with Crippen molar-refractivity contribution in [1.82, 2.24) is 0 Å². The maximum Gasteiger partial charge on any atom is 0.306 e. The summed E-state index contributed by atoms with van der Waals surface area (Å²) in [6.07, 6.45) is 101. The predicted molar refractivity (Wildman–Crippen MR) is 362 cm³/mol. The zero-order valence-corrected chi connectivity index (χ0v) is 53.7. The molecule has 0 amide bonds. The highest BCUT2D eigenvalue weighted by molar-refractivity contribution is 5.71. The summed E-state index contributed by atoms with van der Waals surface area (Å²) in [7, 11) is 0. The number of hydrogen-bond donors (Lipinski definition) is 0. The third-order valence-electron chi connectivity index (χ3n) is 14.0. The van der Waals surface area contributed by atoms with E-state index in [-0.39, 0.29) is 31.1 Å². The molecular formula is C77H124O6. The van der Waals surface area contributed by atoms with Gasteiger partial charge in [0.15, 0.2) is 6.10 Å². The van der Waals surface area contributed by atoms with Gasteiger partial charge in [-0.3, -0.25) is 14.4 Å². The molecule has 0 aromatic rings. The summed E-state index contributed by atoms with van der Waals surface area (Å²) >= 11 is 0. The van der Waals surface area contributed by atoms with E-state index < -0.39 is 6.10 Å². The quantitative estimate of drug-likeness (QED) is 0.0261. The third-order valence-corrected chi connectivity index (χ3v) is 14.0. The van der Waals surface area contributed by atoms with Gasteiger partial charge in [-0.25, -0.2) is 0 Å². The summed E-state index contributed by atoms with van der Waals surface area (Å²) in [6, 6.07) is 0. The van der Waals surface area contributed by atoms with Gasteiger partial charge in [-0.2, -0.15) is 0 Å². The summed E-state index contributed by atoms with van der Waals surface area (Å²) in [5.74, 6) is -0.940. The van der Waals surface area contributed by atoms with Gasteiger partial charge in [-0.1, -0.05) is 281 Å². The number of hydrogen-bond acceptors (Lipinski definition) is 6. The molecule has 0 heterocycles. The van der Waals surface area contributed by atoms with Crippen LogP contribution in [0.15, 0.2) is 158 Å². The first-order valence-corrected chi connectivity index (χ1v) is 34.0. The van der Waals surface area contributed by atoms with Crippen molar-refractivity contribution < 1.29 is 28.6 Å². The maximum absolute atomic E-state index is 12.9. The molecule has 0 fully saturated rings. The van der Waals surface area contributed by atoms with Gasteiger partial charge in [-0.05, 0) is 148 Å². The van der Waals surface area contributed by atoms with Gasteiger partial charge in [0.1, 0.15) is 13.2 Å². The van der Waals surface area contributed by atoms with Gasteiger partial charge in [0.2, 0.25) is 0 Å². The second kappa shape index (κ2) is 69.5. The van der Waals surface area contributed by atoms with Crippen LogP contribution in [0.5, 0.6) is 0 Å². The fourth-order valence-electron chi connectivity index (χ4n) is 8.89. The average molecular weight is 1150 g/mol. The summed E-state index contributed by atoms with van der Waals surface area (Å²) < 4.78 is 16.9. The Morgan fingerprint density at radius 2 is 0.482 bits per heavy atom. The van der Waals surface area contributed by atoms with Crippen LogP contribution in [0.3, 0.4) is 0 Å². The lowest BCUT2D eigenvalue weighted by Crippen LogP contribution is -2.30. The topological polar surface area (TPSA) is 78.9 Å². The Labute approximate surface area is 511 Å². The Morgan fingerprint density at radius 3 is 0.771 bits per heavy atom. The van der Waals surface area contributed by atoms with Crippen LogP contribution >= 0.6 is 0 Å². The van der Waals surface area contributed by atoms with E-state index >= 15 is 0 Å². The van der Waals surface area contributed by atoms with Crippen LogP contribution in [0, 0.1) is 0 Å². The zero-order chi connectivity index (χ0) is 59.9. The third kappa shape index (κ3) is 67.7. The predicted octanol–water partition coefficient (Wildman–Crippen LogP) is 23.7. The van der Waals surface area contributed by atoms with Gasteiger partial charge in [0.05, 0.1) is 0 Å². The molecule has 0 saturated carbocycles. The Bertz CT molecular complexity index is 1840. The molecule has 1 unspecified atom stereocenters. The van der Waals surface area contributed by atoms with Crippen LogP contribution in [-0.2, 0) is 28.6 Å². The van der Waals surface area contributed by atoms with Gasteiger partial charge >= 0.3 is 17.9 Å². The van der Waals surface area contributed by atoms with E-state index in [0.29, 0.717) is 19.3 Å². The van der Waals surface area contributed by atoms with Crippen LogP contribution in [0.4, 0.5) is 0 Å². The molecule has 0 aromatic carbocycles. The SMILES string of the molecule is CC/C=C\C/C=C\C/C=C\C/C=C\C/C=C\C/C=C\C/C=C\C/C=C\C/C=C\CCCCCCCC(=O)OCC(COC(=O)CCCCCCC/C=C\C/C=C\CCCC)OC(=O)CCCCCCCCC/C=C\C/C=C\CCCCCC. The summed E-state index contributed by atoms with van der Waals surface area (Å²) in [5.41, 5.74) is 0. The van der Waals surface area contributed by atoms with Crippen LogP contribution in [0.1, 0.15) is 290 Å². The van der Waals surface area contributed by atoms with Crippen molar-refractivity contribution in [1.29, 1.82) is 0 Å². The van der Waals surface area contributed by atoms with Crippen LogP contribution in [-0.4, -0.2) is 37.2 Å². The van der Waals surface area contributed by atoms with Crippen LogP contribution < -0.4 is 0 Å². The number of carbonyl (C=O) groups is 3. The van der Waals surface area contributed by atoms with Crippen LogP contribution in [0.2, 0.25) is 0 Å². The molecular weight excluding hydrogens is 1020 g/mol. The number of unbranched alkanes of at least 4 members (excludes halogenated alkanes) is 23. The monoisotopic (exact) mass is 1140 g/mol. The van der Waals surface area contributed by atoms with E-state index in [9.17, 15) is 14.4 Å². The van der Waals surface area contributed by atoms with Crippen molar-refractivity contribution >= 4 is 17.9 Å². The molecule has 0 aliphatic heterocycles. The first-order chi connectivity index (χ1) is 41.0. The van der Waals surface area contributed by atoms with Gasteiger partial charge < -0.3 is 14.2 Å². The van der Waals surface area contributed by atoms with Crippen molar-refractivity contribution in [2.24, 2.45) is 0 Å². The van der Waals surface area contributed by atoms with Crippen LogP contribution in [0.25, 0.3) is 0 Å². The summed E-state index contributed by atoms with van der Waals surface area (Å²) in [4.78, 5) is 38.4. The smallest absolute Gasteiger partial charge is 0.306 e. The normalized spacial score (nSPS) is 13.1. The number of rotatable bonds is 60. The van der Waals surface area contributed by atoms with E-state index in [1.807, 2.05) is 0 Å². The molecule has 83 heavy (non-hydrogen) atoms. The number of allylic oxidation sites excluding steroid dienone is 26. The van der Waals surface area contributed by atoms with E-state index in [0.717, 1.165) is 173 Å². The summed E-state index contributed by atoms with van der Waals surface area (Å²) in [6.45, 7) is 6.44. The molecule has 0 spiro atoms. The number of esters is 3. The van der Waals surface area contributed by atoms with E-state index in [4.69, 9.17) is 14.2 Å². The van der Waals surface area contributed by atoms with Gasteiger partial charge in [0, 0.05) is 19.3 Å². The van der Waals surface area contributed by atoms with E-state index in [1.165, 1.54) is 77.0 Å². The van der Waals surface area contributed by atoms with Gasteiger partial charge in [-0.15, -0.1) is 0 Å². The second-order valence-corrected chi connectivity index (χ2v) is 22.0. The highest BCUT2D eigenvalue weighted by Gasteiger charge is 2.19.